The van der Waals surface area contributed by atoms with Crippen molar-refractivity contribution >= 4 is 17.2 Å². The number of hydrogen-bond acceptors (Lipinski definition) is 5. The number of hydrogen-bond donors (Lipinski definition) is 1. The van der Waals surface area contributed by atoms with Crippen LogP contribution >= 0.6 is 11.3 Å². The zero-order valence-corrected chi connectivity index (χ0v) is 15.9. The van der Waals surface area contributed by atoms with Gasteiger partial charge in [-0.3, -0.25) is 9.48 Å². The molecule has 0 saturated carbocycles. The summed E-state index contributed by atoms with van der Waals surface area (Å²) >= 11 is 1.81. The largest absolute Gasteiger partial charge is 0.383 e. The van der Waals surface area contributed by atoms with Crippen molar-refractivity contribution in [1.29, 1.82) is 0 Å². The molecule has 6 nitrogen and oxygen atoms in total. The molecule has 0 radical (unpaired) electrons. The second-order valence-corrected chi connectivity index (χ2v) is 7.95. The van der Waals surface area contributed by atoms with Gasteiger partial charge in [0.2, 0.25) is 5.91 Å². The van der Waals surface area contributed by atoms with Gasteiger partial charge in [-0.25, -0.2) is 0 Å². The van der Waals surface area contributed by atoms with Gasteiger partial charge in [0.1, 0.15) is 0 Å². The Labute approximate surface area is 152 Å². The molecule has 0 aliphatic carbocycles. The molecule has 7 heteroatoms. The fourth-order valence-electron chi connectivity index (χ4n) is 3.51. The summed E-state index contributed by atoms with van der Waals surface area (Å²) in [6.45, 7) is 4.95. The summed E-state index contributed by atoms with van der Waals surface area (Å²) in [5, 5.41) is 7.83. The Balaban J connectivity index is 1.68. The lowest BCUT2D eigenvalue weighted by Gasteiger charge is -2.27. The second kappa shape index (κ2) is 8.12. The number of nitrogens with zero attached hydrogens (tertiary/aromatic N) is 3. The van der Waals surface area contributed by atoms with Crippen LogP contribution in [0, 0.1) is 12.8 Å². The first-order valence-corrected chi connectivity index (χ1v) is 9.43. The summed E-state index contributed by atoms with van der Waals surface area (Å²) in [7, 11) is 3.58. The summed E-state index contributed by atoms with van der Waals surface area (Å²) in [6, 6.07) is 4.37. The maximum atomic E-state index is 12.5. The molecule has 0 aromatic carbocycles. The van der Waals surface area contributed by atoms with E-state index in [1.807, 2.05) is 35.7 Å². The number of methoxy groups -OCH3 is 1. The standard InChI is InChI=1S/C18H26N4O2S/c1-13-4-5-16(25-13)11-19-9-14-8-17(23)22(6-7-24-3)18(14)15-10-20-21(2)12-15/h4-5,10,12,14,18-19H,6-9,11H2,1-3H3/t14-,18+/m0/s1. The van der Waals surface area contributed by atoms with E-state index in [1.54, 1.807) is 11.8 Å². The third kappa shape index (κ3) is 4.29. The van der Waals surface area contributed by atoms with Crippen LogP contribution in [0.15, 0.2) is 24.5 Å². The molecule has 1 fully saturated rings. The van der Waals surface area contributed by atoms with E-state index < -0.39 is 0 Å². The van der Waals surface area contributed by atoms with Crippen LogP contribution in [0.3, 0.4) is 0 Å². The first-order chi connectivity index (χ1) is 12.1. The Morgan fingerprint density at radius 1 is 1.44 bits per heavy atom. The van der Waals surface area contributed by atoms with Gasteiger partial charge in [-0.1, -0.05) is 0 Å². The molecule has 25 heavy (non-hydrogen) atoms. The Hall–Kier alpha value is -1.70. The molecule has 1 saturated heterocycles. The van der Waals surface area contributed by atoms with E-state index in [9.17, 15) is 4.79 Å². The molecule has 3 rings (SSSR count). The number of aromatic nitrogens is 2. The number of amides is 1. The number of aryl methyl sites for hydroxylation is 2. The van der Waals surface area contributed by atoms with Crippen LogP contribution in [0.4, 0.5) is 0 Å². The average molecular weight is 362 g/mol. The molecule has 2 aromatic heterocycles. The van der Waals surface area contributed by atoms with Gasteiger partial charge in [-0.05, 0) is 19.1 Å². The number of thiophene rings is 1. The van der Waals surface area contributed by atoms with Crippen molar-refractivity contribution in [3.8, 4) is 0 Å². The SMILES string of the molecule is COCCN1C(=O)C[C@@H](CNCc2ccc(C)s2)[C@@H]1c1cnn(C)c1. The smallest absolute Gasteiger partial charge is 0.223 e. The first kappa shape index (κ1) is 18.1. The molecule has 1 amide bonds. The molecule has 1 aliphatic heterocycles. The van der Waals surface area contributed by atoms with Crippen molar-refractivity contribution < 1.29 is 9.53 Å². The van der Waals surface area contributed by atoms with Crippen molar-refractivity contribution in [1.82, 2.24) is 20.0 Å². The second-order valence-electron chi connectivity index (χ2n) is 6.58. The highest BCUT2D eigenvalue weighted by molar-refractivity contribution is 7.11. The van der Waals surface area contributed by atoms with Crippen LogP contribution in [0.1, 0.15) is 27.8 Å². The number of carbonyl (C=O) groups is 1. The van der Waals surface area contributed by atoms with Crippen LogP contribution in [0.5, 0.6) is 0 Å². The van der Waals surface area contributed by atoms with E-state index in [4.69, 9.17) is 4.74 Å². The average Bonchev–Trinajstić information content (AvgIpc) is 3.25. The molecule has 0 spiro atoms. The van der Waals surface area contributed by atoms with E-state index in [1.165, 1.54) is 9.75 Å². The topological polar surface area (TPSA) is 59.4 Å². The predicted molar refractivity (Wildman–Crippen MR) is 98.4 cm³/mol. The van der Waals surface area contributed by atoms with E-state index in [0.29, 0.717) is 19.6 Å². The van der Waals surface area contributed by atoms with E-state index in [2.05, 4.69) is 29.5 Å². The van der Waals surface area contributed by atoms with Gasteiger partial charge in [-0.2, -0.15) is 5.10 Å². The highest BCUT2D eigenvalue weighted by atomic mass is 32.1. The maximum Gasteiger partial charge on any atom is 0.223 e. The highest BCUT2D eigenvalue weighted by Crippen LogP contribution is 2.37. The normalized spacial score (nSPS) is 20.6. The number of likely N-dealkylation sites (tertiary alicyclic amines) is 1. The summed E-state index contributed by atoms with van der Waals surface area (Å²) in [6.07, 6.45) is 4.46. The van der Waals surface area contributed by atoms with Crippen LogP contribution in [0.2, 0.25) is 0 Å². The van der Waals surface area contributed by atoms with Gasteiger partial charge in [0.25, 0.3) is 0 Å². The third-order valence-electron chi connectivity index (χ3n) is 4.64. The molecule has 3 heterocycles. The summed E-state index contributed by atoms with van der Waals surface area (Å²) in [5.41, 5.74) is 1.10. The van der Waals surface area contributed by atoms with Crippen LogP contribution in [0.25, 0.3) is 0 Å². The van der Waals surface area contributed by atoms with E-state index >= 15 is 0 Å². The molecule has 2 aromatic rings. The van der Waals surface area contributed by atoms with Crippen LogP contribution < -0.4 is 5.32 Å². The van der Waals surface area contributed by atoms with Gasteiger partial charge in [0, 0.05) is 67.6 Å². The zero-order valence-electron chi connectivity index (χ0n) is 15.1. The minimum atomic E-state index is 0.0638. The van der Waals surface area contributed by atoms with Gasteiger partial charge < -0.3 is 15.0 Å². The fraction of sp³-hybridized carbons (Fsp3) is 0.556. The first-order valence-electron chi connectivity index (χ1n) is 8.61. The minimum absolute atomic E-state index is 0.0638. The minimum Gasteiger partial charge on any atom is -0.383 e. The zero-order chi connectivity index (χ0) is 17.8. The van der Waals surface area contributed by atoms with Crippen LogP contribution in [-0.4, -0.2) is 47.4 Å². The lowest BCUT2D eigenvalue weighted by atomic mass is 9.95. The molecule has 0 bridgehead atoms. The number of ether oxygens (including phenoxy) is 1. The molecule has 0 unspecified atom stereocenters. The van der Waals surface area contributed by atoms with Gasteiger partial charge in [0.05, 0.1) is 18.8 Å². The maximum absolute atomic E-state index is 12.5. The molecular weight excluding hydrogens is 336 g/mol. The third-order valence-corrected chi connectivity index (χ3v) is 5.64. The monoisotopic (exact) mass is 362 g/mol. The van der Waals surface area contributed by atoms with Crippen LogP contribution in [-0.2, 0) is 23.1 Å². The van der Waals surface area contributed by atoms with Crippen molar-refractivity contribution in [2.24, 2.45) is 13.0 Å². The fourth-order valence-corrected chi connectivity index (χ4v) is 4.37. The number of carbonyl (C=O) groups excluding carboxylic acids is 1. The van der Waals surface area contributed by atoms with Gasteiger partial charge >= 0.3 is 0 Å². The van der Waals surface area contributed by atoms with Crippen molar-refractivity contribution in [3.63, 3.8) is 0 Å². The molecule has 2 atom stereocenters. The van der Waals surface area contributed by atoms with Gasteiger partial charge in [-0.15, -0.1) is 11.3 Å². The highest BCUT2D eigenvalue weighted by Gasteiger charge is 2.40. The summed E-state index contributed by atoms with van der Waals surface area (Å²) in [5.74, 6) is 0.444. The molecule has 1 N–H and O–H groups in total. The Morgan fingerprint density at radius 2 is 2.28 bits per heavy atom. The quantitative estimate of drug-likeness (QED) is 0.781. The van der Waals surface area contributed by atoms with Crippen molar-refractivity contribution in [3.05, 3.63) is 39.8 Å². The summed E-state index contributed by atoms with van der Waals surface area (Å²) < 4.78 is 6.99. The Morgan fingerprint density at radius 3 is 2.92 bits per heavy atom. The lowest BCUT2D eigenvalue weighted by Crippen LogP contribution is -2.33. The molecule has 1 aliphatic rings. The van der Waals surface area contributed by atoms with Crippen molar-refractivity contribution in [2.45, 2.75) is 25.9 Å². The van der Waals surface area contributed by atoms with Crippen molar-refractivity contribution in [2.75, 3.05) is 26.8 Å². The van der Waals surface area contributed by atoms with Gasteiger partial charge in [0.15, 0.2) is 0 Å². The lowest BCUT2D eigenvalue weighted by molar-refractivity contribution is -0.129. The molecule has 136 valence electrons. The summed E-state index contributed by atoms with van der Waals surface area (Å²) in [4.78, 5) is 17.1. The number of rotatable bonds is 8. The van der Waals surface area contributed by atoms with E-state index in [0.717, 1.165) is 18.7 Å². The number of nitrogens with one attached hydrogen (secondary N) is 1. The molecular formula is C18H26N4O2S. The Kier molecular flexibility index (Phi) is 5.88. The Bertz CT molecular complexity index is 712. The predicted octanol–water partition coefficient (Wildman–Crippen LogP) is 2.12. The van der Waals surface area contributed by atoms with E-state index in [-0.39, 0.29) is 17.9 Å².